The van der Waals surface area contributed by atoms with Crippen molar-refractivity contribution in [1.82, 2.24) is 0 Å². The summed E-state index contributed by atoms with van der Waals surface area (Å²) in [7, 11) is 0. The van der Waals surface area contributed by atoms with Gasteiger partial charge in [-0.15, -0.1) is 0 Å². The first-order valence-corrected chi connectivity index (χ1v) is 3.74. The zero-order chi connectivity index (χ0) is 9.68. The molecule has 0 aliphatic carbocycles. The molecule has 0 amide bonds. The second-order valence-corrected chi connectivity index (χ2v) is 2.53. The second kappa shape index (κ2) is 4.25. The van der Waals surface area contributed by atoms with Crippen LogP contribution in [-0.2, 0) is 11.3 Å². The van der Waals surface area contributed by atoms with Crippen LogP contribution in [-0.4, -0.2) is 22.0 Å². The molecule has 0 aromatic heterocycles. The average molecular weight is 179 g/mol. The fourth-order valence-corrected chi connectivity index (χ4v) is 0.932. The van der Waals surface area contributed by atoms with Crippen molar-refractivity contribution in [1.29, 1.82) is 0 Å². The maximum atomic E-state index is 10.9. The van der Waals surface area contributed by atoms with Crippen LogP contribution in [0.4, 0.5) is 0 Å². The Morgan fingerprint density at radius 2 is 2.08 bits per heavy atom. The Morgan fingerprint density at radius 1 is 1.46 bits per heavy atom. The highest BCUT2D eigenvalue weighted by Crippen LogP contribution is 1.98. The molecule has 68 valence electrons. The predicted octanol–water partition coefficient (Wildman–Crippen LogP) is 0.852. The summed E-state index contributed by atoms with van der Waals surface area (Å²) >= 11 is 0. The number of carboxylic acid groups (broad SMARTS) is 1. The number of benzene rings is 1. The largest absolute Gasteiger partial charge is 0.623 e. The molecule has 0 saturated heterocycles. The van der Waals surface area contributed by atoms with E-state index >= 15 is 0 Å². The van der Waals surface area contributed by atoms with Gasteiger partial charge in [0.2, 0.25) is 0 Å². The third-order valence-electron chi connectivity index (χ3n) is 1.44. The molecule has 1 rings (SSSR count). The van der Waals surface area contributed by atoms with E-state index in [4.69, 9.17) is 5.11 Å². The molecule has 4 heteroatoms. The van der Waals surface area contributed by atoms with E-state index in [0.717, 1.165) is 5.56 Å². The minimum atomic E-state index is -1.23. The topological polar surface area (TPSA) is 63.4 Å². The van der Waals surface area contributed by atoms with Gasteiger partial charge in [0.15, 0.2) is 6.54 Å². The molecule has 4 nitrogen and oxygen atoms in total. The Morgan fingerprint density at radius 3 is 2.62 bits per heavy atom. The van der Waals surface area contributed by atoms with Gasteiger partial charge in [0.25, 0.3) is 6.21 Å². The third kappa shape index (κ3) is 3.37. The molecule has 0 fully saturated rings. The summed E-state index contributed by atoms with van der Waals surface area (Å²) in [4.78, 5) is 10.1. The van der Waals surface area contributed by atoms with Crippen molar-refractivity contribution in [3.8, 4) is 0 Å². The SMILES string of the molecule is O=C(O)/C=[N+](\[O-])Cc1ccccc1. The van der Waals surface area contributed by atoms with Gasteiger partial charge in [-0.25, -0.2) is 9.53 Å². The van der Waals surface area contributed by atoms with Gasteiger partial charge in [0.05, 0.1) is 0 Å². The quantitative estimate of drug-likeness (QED) is 0.324. The zero-order valence-corrected chi connectivity index (χ0v) is 6.88. The molecule has 0 aliphatic heterocycles. The Labute approximate surface area is 75.3 Å². The first-order chi connectivity index (χ1) is 6.18. The predicted molar refractivity (Wildman–Crippen MR) is 47.5 cm³/mol. The molecule has 0 radical (unpaired) electrons. The highest BCUT2D eigenvalue weighted by atomic mass is 16.5. The van der Waals surface area contributed by atoms with Crippen molar-refractivity contribution >= 4 is 12.2 Å². The number of hydrogen-bond donors (Lipinski definition) is 1. The zero-order valence-electron chi connectivity index (χ0n) is 6.88. The van der Waals surface area contributed by atoms with E-state index < -0.39 is 5.97 Å². The molecule has 13 heavy (non-hydrogen) atoms. The van der Waals surface area contributed by atoms with Crippen molar-refractivity contribution in [3.63, 3.8) is 0 Å². The molecule has 1 aromatic rings. The summed E-state index contributed by atoms with van der Waals surface area (Å²) in [5, 5.41) is 19.2. The summed E-state index contributed by atoms with van der Waals surface area (Å²) in [6.07, 6.45) is 0.604. The molecule has 0 spiro atoms. The third-order valence-corrected chi connectivity index (χ3v) is 1.44. The van der Waals surface area contributed by atoms with Crippen LogP contribution in [0.5, 0.6) is 0 Å². The van der Waals surface area contributed by atoms with Crippen LogP contribution in [0, 0.1) is 5.21 Å². The van der Waals surface area contributed by atoms with Crippen LogP contribution in [0.25, 0.3) is 0 Å². The summed E-state index contributed by atoms with van der Waals surface area (Å²) in [6, 6.07) is 8.95. The maximum absolute atomic E-state index is 10.9. The lowest BCUT2D eigenvalue weighted by atomic mass is 10.2. The minimum absolute atomic E-state index is 0.0626. The van der Waals surface area contributed by atoms with Gasteiger partial charge in [-0.2, -0.15) is 0 Å². The van der Waals surface area contributed by atoms with Crippen molar-refractivity contribution in [2.75, 3.05) is 0 Å². The number of aliphatic carboxylic acids is 1. The van der Waals surface area contributed by atoms with Crippen molar-refractivity contribution in [2.45, 2.75) is 6.54 Å². The van der Waals surface area contributed by atoms with E-state index in [-0.39, 0.29) is 6.54 Å². The molecular weight excluding hydrogens is 170 g/mol. The molecule has 1 aromatic carbocycles. The lowest BCUT2D eigenvalue weighted by molar-refractivity contribution is -0.469. The minimum Gasteiger partial charge on any atom is -0.623 e. The average Bonchev–Trinajstić information content (AvgIpc) is 2.04. The fraction of sp³-hybridized carbons (Fsp3) is 0.111. The van der Waals surface area contributed by atoms with Crippen LogP contribution in [0.15, 0.2) is 30.3 Å². The lowest BCUT2D eigenvalue weighted by Crippen LogP contribution is -2.11. The molecular formula is C9H9NO3. The summed E-state index contributed by atoms with van der Waals surface area (Å²) < 4.78 is 0.387. The van der Waals surface area contributed by atoms with Crippen LogP contribution in [0.3, 0.4) is 0 Å². The van der Waals surface area contributed by atoms with Gasteiger partial charge in [-0.1, -0.05) is 30.3 Å². The number of carboxylic acids is 1. The Bertz CT molecular complexity index is 319. The molecule has 0 bridgehead atoms. The van der Waals surface area contributed by atoms with E-state index in [2.05, 4.69) is 0 Å². The summed E-state index contributed by atoms with van der Waals surface area (Å²) in [5.41, 5.74) is 0.787. The van der Waals surface area contributed by atoms with Gasteiger partial charge < -0.3 is 10.3 Å². The van der Waals surface area contributed by atoms with E-state index in [0.29, 0.717) is 11.0 Å². The van der Waals surface area contributed by atoms with Gasteiger partial charge in [0.1, 0.15) is 0 Å². The van der Waals surface area contributed by atoms with Crippen LogP contribution < -0.4 is 0 Å². The molecule has 0 atom stereocenters. The highest BCUT2D eigenvalue weighted by Gasteiger charge is 2.00. The maximum Gasteiger partial charge on any atom is 0.394 e. The molecule has 1 N–H and O–H groups in total. The Hall–Kier alpha value is -1.84. The standard InChI is InChI=1S/C9H9NO3/c11-9(12)7-10(13)6-8-4-2-1-3-5-8/h1-5,7H,6H2,(H,11,12)/b10-7-. The number of rotatable bonds is 3. The van der Waals surface area contributed by atoms with Crippen molar-refractivity contribution in [2.24, 2.45) is 0 Å². The Balaban J connectivity index is 2.65. The van der Waals surface area contributed by atoms with Gasteiger partial charge in [0, 0.05) is 5.56 Å². The van der Waals surface area contributed by atoms with Crippen molar-refractivity contribution in [3.05, 3.63) is 41.1 Å². The summed E-state index contributed by atoms with van der Waals surface area (Å²) in [5.74, 6) is -1.23. The van der Waals surface area contributed by atoms with Gasteiger partial charge >= 0.3 is 5.97 Å². The first-order valence-electron chi connectivity index (χ1n) is 3.74. The van der Waals surface area contributed by atoms with Gasteiger partial charge in [-0.05, 0) is 0 Å². The Kier molecular flexibility index (Phi) is 3.03. The van der Waals surface area contributed by atoms with Crippen LogP contribution in [0.1, 0.15) is 5.56 Å². The van der Waals surface area contributed by atoms with E-state index in [9.17, 15) is 10.0 Å². The lowest BCUT2D eigenvalue weighted by Gasteiger charge is -2.01. The van der Waals surface area contributed by atoms with Crippen molar-refractivity contribution < 1.29 is 14.6 Å². The first kappa shape index (κ1) is 9.25. The number of carbonyl (C=O) groups is 1. The van der Waals surface area contributed by atoms with E-state index in [1.54, 1.807) is 24.3 Å². The molecule has 0 unspecified atom stereocenters. The molecule has 0 saturated carbocycles. The normalized spacial score (nSPS) is 11.2. The number of nitrogens with zero attached hydrogens (tertiary/aromatic N) is 1. The second-order valence-electron chi connectivity index (χ2n) is 2.53. The highest BCUT2D eigenvalue weighted by molar-refractivity contribution is 6.19. The summed E-state index contributed by atoms with van der Waals surface area (Å²) in [6.45, 7) is 0.0626. The van der Waals surface area contributed by atoms with E-state index in [1.807, 2.05) is 6.07 Å². The fourth-order valence-electron chi connectivity index (χ4n) is 0.932. The number of hydrogen-bond acceptors (Lipinski definition) is 2. The molecule has 0 aliphatic rings. The smallest absolute Gasteiger partial charge is 0.394 e. The molecule has 0 heterocycles. The van der Waals surface area contributed by atoms with E-state index in [1.165, 1.54) is 0 Å². The van der Waals surface area contributed by atoms with Crippen LogP contribution in [0.2, 0.25) is 0 Å². The van der Waals surface area contributed by atoms with Gasteiger partial charge in [-0.3, -0.25) is 0 Å². The number of hydroxylamine groups is 1. The van der Waals surface area contributed by atoms with Crippen LogP contribution >= 0.6 is 0 Å². The monoisotopic (exact) mass is 179 g/mol.